The third kappa shape index (κ3) is 4.04. The first-order chi connectivity index (χ1) is 15.3. The van der Waals surface area contributed by atoms with Gasteiger partial charge < -0.3 is 14.8 Å². The van der Waals surface area contributed by atoms with E-state index in [9.17, 15) is 10.2 Å². The third-order valence-corrected chi connectivity index (χ3v) is 6.63. The molecule has 2 N–H and O–H groups in total. The number of hydrogen-bond acceptors (Lipinski definition) is 3. The van der Waals surface area contributed by atoms with Crippen molar-refractivity contribution in [3.63, 3.8) is 0 Å². The van der Waals surface area contributed by atoms with Crippen LogP contribution in [0.5, 0.6) is 5.75 Å². The quantitative estimate of drug-likeness (QED) is 0.388. The molecule has 176 valence electrons. The molecule has 2 heterocycles. The molecule has 0 aliphatic heterocycles. The third-order valence-electron chi connectivity index (χ3n) is 6.63. The van der Waals surface area contributed by atoms with E-state index in [1.807, 2.05) is 0 Å². The molecule has 4 rings (SSSR count). The molecule has 4 aromatic rings. The van der Waals surface area contributed by atoms with Crippen LogP contribution in [0, 0.1) is 13.8 Å². The largest absolute Gasteiger partial charge is 0.507 e. The van der Waals surface area contributed by atoms with Crippen LogP contribution < -0.4 is 0 Å². The molecule has 2 aromatic heterocycles. The smallest absolute Gasteiger partial charge is 0.215 e. The Morgan fingerprint density at radius 1 is 0.879 bits per heavy atom. The van der Waals surface area contributed by atoms with Gasteiger partial charge in [0.15, 0.2) is 0 Å². The van der Waals surface area contributed by atoms with Crippen molar-refractivity contribution < 1.29 is 10.2 Å². The van der Waals surface area contributed by atoms with Crippen molar-refractivity contribution in [3.8, 4) is 17.0 Å². The van der Waals surface area contributed by atoms with E-state index in [-0.39, 0.29) is 17.4 Å². The topological polar surface area (TPSA) is 62.7 Å². The lowest BCUT2D eigenvalue weighted by Crippen LogP contribution is -2.17. The van der Waals surface area contributed by atoms with Crippen LogP contribution in [-0.4, -0.2) is 30.8 Å². The maximum absolute atomic E-state index is 11.2. The van der Waals surface area contributed by atoms with Gasteiger partial charge in [-0.15, -0.1) is 0 Å². The number of hydrogen-bond donors (Lipinski definition) is 2. The molecule has 2 aromatic carbocycles. The van der Waals surface area contributed by atoms with Gasteiger partial charge >= 0.3 is 0 Å². The number of phenolic OH excluding ortho intramolecular Hbond substituents is 1. The van der Waals surface area contributed by atoms with Crippen molar-refractivity contribution in [1.29, 1.82) is 0 Å². The molecule has 0 amide bonds. The Morgan fingerprint density at radius 2 is 1.45 bits per heavy atom. The first-order valence-corrected chi connectivity index (χ1v) is 11.8. The molecule has 0 fully saturated rings. The van der Waals surface area contributed by atoms with E-state index in [0.29, 0.717) is 18.7 Å². The van der Waals surface area contributed by atoms with Crippen molar-refractivity contribution in [2.45, 2.75) is 79.2 Å². The van der Waals surface area contributed by atoms with Crippen molar-refractivity contribution in [2.24, 2.45) is 0 Å². The fourth-order valence-electron chi connectivity index (χ4n) is 4.56. The number of aliphatic hydroxyl groups is 1. The summed E-state index contributed by atoms with van der Waals surface area (Å²) in [4.78, 5) is 4.97. The predicted molar refractivity (Wildman–Crippen MR) is 136 cm³/mol. The van der Waals surface area contributed by atoms with Gasteiger partial charge in [-0.25, -0.2) is 4.98 Å². The van der Waals surface area contributed by atoms with E-state index < -0.39 is 0 Å². The fourth-order valence-corrected chi connectivity index (χ4v) is 4.56. The van der Waals surface area contributed by atoms with Crippen LogP contribution in [0.1, 0.15) is 70.2 Å². The van der Waals surface area contributed by atoms with Gasteiger partial charge in [-0.05, 0) is 66.5 Å². The SMILES string of the molecule is Cc1cc2nc3n(CCCO)c(-c4cc(C(C)(C)C)c(O)c(C(C)(C)C)c4)cn3c2cc1C. The molecule has 33 heavy (non-hydrogen) atoms. The minimum atomic E-state index is -0.204. The molecule has 0 aliphatic rings. The van der Waals surface area contributed by atoms with Crippen LogP contribution in [0.4, 0.5) is 0 Å². The highest BCUT2D eigenvalue weighted by molar-refractivity contribution is 5.83. The zero-order chi connectivity index (χ0) is 24.3. The molecule has 0 atom stereocenters. The van der Waals surface area contributed by atoms with Gasteiger partial charge in [0.25, 0.3) is 0 Å². The van der Waals surface area contributed by atoms with E-state index in [2.05, 4.69) is 94.8 Å². The number of imidazole rings is 2. The van der Waals surface area contributed by atoms with E-state index in [1.165, 1.54) is 11.1 Å². The monoisotopic (exact) mass is 447 g/mol. The average molecular weight is 448 g/mol. The molecule has 0 unspecified atom stereocenters. The van der Waals surface area contributed by atoms with E-state index in [4.69, 9.17) is 4.98 Å². The molecular weight excluding hydrogens is 410 g/mol. The zero-order valence-corrected chi connectivity index (χ0v) is 21.2. The Bertz CT molecular complexity index is 1310. The molecule has 5 heteroatoms. The van der Waals surface area contributed by atoms with Gasteiger partial charge in [0.1, 0.15) is 5.75 Å². The van der Waals surface area contributed by atoms with E-state index in [0.717, 1.165) is 39.2 Å². The molecule has 0 saturated heterocycles. The second kappa shape index (κ2) is 7.91. The van der Waals surface area contributed by atoms with Crippen molar-refractivity contribution in [1.82, 2.24) is 14.0 Å². The van der Waals surface area contributed by atoms with Gasteiger partial charge in [0.05, 0.1) is 16.7 Å². The molecular formula is C28H37N3O2. The van der Waals surface area contributed by atoms with Crippen molar-refractivity contribution in [3.05, 3.63) is 52.7 Å². The van der Waals surface area contributed by atoms with E-state index >= 15 is 0 Å². The van der Waals surface area contributed by atoms with Crippen LogP contribution in [0.2, 0.25) is 0 Å². The second-order valence-electron chi connectivity index (χ2n) is 11.4. The Morgan fingerprint density at radius 3 is 2.00 bits per heavy atom. The van der Waals surface area contributed by atoms with Gasteiger partial charge in [0, 0.05) is 36.0 Å². The van der Waals surface area contributed by atoms with Gasteiger partial charge in [-0.2, -0.15) is 0 Å². The normalized spacial score (nSPS) is 12.9. The Hall–Kier alpha value is -2.79. The summed E-state index contributed by atoms with van der Waals surface area (Å²) in [6, 6.07) is 8.57. The lowest BCUT2D eigenvalue weighted by atomic mass is 9.78. The standard InChI is InChI=1S/C28H37N3O2/c1-17-12-22-23(13-18(17)2)31-16-24(30(10-9-11-32)26(31)29-22)19-14-20(27(3,4)5)25(33)21(15-19)28(6,7)8/h12-16,32-33H,9-11H2,1-8H3. The van der Waals surface area contributed by atoms with E-state index in [1.54, 1.807) is 0 Å². The number of aromatic nitrogens is 3. The average Bonchev–Trinajstić information content (AvgIpc) is 3.21. The maximum atomic E-state index is 11.2. The zero-order valence-electron chi connectivity index (χ0n) is 21.2. The molecule has 0 spiro atoms. The second-order valence-corrected chi connectivity index (χ2v) is 11.4. The summed E-state index contributed by atoms with van der Waals surface area (Å²) >= 11 is 0. The molecule has 0 radical (unpaired) electrons. The first-order valence-electron chi connectivity index (χ1n) is 11.8. The number of aliphatic hydroxyl groups excluding tert-OH is 1. The summed E-state index contributed by atoms with van der Waals surface area (Å²) in [6.45, 7) is 17.8. The summed E-state index contributed by atoms with van der Waals surface area (Å²) in [6.07, 6.45) is 2.80. The van der Waals surface area contributed by atoms with Crippen LogP contribution in [0.25, 0.3) is 28.1 Å². The van der Waals surface area contributed by atoms with Gasteiger partial charge in [0.2, 0.25) is 5.78 Å². The fraction of sp³-hybridized carbons (Fsp3) is 0.464. The van der Waals surface area contributed by atoms with Crippen LogP contribution in [0.15, 0.2) is 30.5 Å². The Kier molecular flexibility index (Phi) is 5.60. The number of nitrogens with zero attached hydrogens (tertiary/aromatic N) is 3. The summed E-state index contributed by atoms with van der Waals surface area (Å²) in [5, 5.41) is 20.8. The summed E-state index contributed by atoms with van der Waals surface area (Å²) < 4.78 is 4.36. The summed E-state index contributed by atoms with van der Waals surface area (Å²) in [7, 11) is 0. The number of aromatic hydroxyl groups is 1. The minimum Gasteiger partial charge on any atom is -0.507 e. The highest BCUT2D eigenvalue weighted by Gasteiger charge is 2.28. The van der Waals surface area contributed by atoms with Crippen LogP contribution in [-0.2, 0) is 17.4 Å². The van der Waals surface area contributed by atoms with Gasteiger partial charge in [-0.1, -0.05) is 41.5 Å². The Balaban J connectivity index is 2.05. The number of aryl methyl sites for hydroxylation is 3. The highest BCUT2D eigenvalue weighted by Crippen LogP contribution is 2.42. The summed E-state index contributed by atoms with van der Waals surface area (Å²) in [5.41, 5.74) is 8.11. The molecule has 0 bridgehead atoms. The molecule has 5 nitrogen and oxygen atoms in total. The maximum Gasteiger partial charge on any atom is 0.215 e. The lowest BCUT2D eigenvalue weighted by Gasteiger charge is -2.28. The van der Waals surface area contributed by atoms with Crippen LogP contribution in [0.3, 0.4) is 0 Å². The molecule has 0 aliphatic carbocycles. The van der Waals surface area contributed by atoms with Gasteiger partial charge in [-0.3, -0.25) is 4.40 Å². The lowest BCUT2D eigenvalue weighted by molar-refractivity contribution is 0.280. The predicted octanol–water partition coefficient (Wildman–Crippen LogP) is 6.26. The Labute approximate surface area is 196 Å². The van der Waals surface area contributed by atoms with Crippen molar-refractivity contribution in [2.75, 3.05) is 6.61 Å². The van der Waals surface area contributed by atoms with Crippen molar-refractivity contribution >= 4 is 16.8 Å². The number of fused-ring (bicyclic) bond motifs is 3. The first kappa shape index (κ1) is 23.4. The molecule has 0 saturated carbocycles. The van der Waals surface area contributed by atoms with Crippen LogP contribution >= 0.6 is 0 Å². The number of phenols is 1. The summed E-state index contributed by atoms with van der Waals surface area (Å²) in [5.74, 6) is 1.26. The highest BCUT2D eigenvalue weighted by atomic mass is 16.3. The minimum absolute atomic E-state index is 0.123. The number of rotatable bonds is 4. The number of benzene rings is 2.